The molecule has 2 rings (SSSR count). The Labute approximate surface area is 116 Å². The van der Waals surface area contributed by atoms with Crippen molar-refractivity contribution in [2.45, 2.75) is 44.6 Å². The minimum Gasteiger partial charge on any atom is -0.384 e. The topological polar surface area (TPSA) is 47.9 Å². The molecule has 1 aliphatic carbocycles. The van der Waals surface area contributed by atoms with Crippen LogP contribution in [0.4, 0.5) is 5.69 Å². The maximum absolute atomic E-state index is 8.84. The molecule has 0 heterocycles. The van der Waals surface area contributed by atoms with Gasteiger partial charge in [-0.25, -0.2) is 0 Å². The van der Waals surface area contributed by atoms with E-state index >= 15 is 0 Å². The Morgan fingerprint density at radius 2 is 1.89 bits per heavy atom. The highest BCUT2D eigenvalue weighted by molar-refractivity contribution is 5.49. The van der Waals surface area contributed by atoms with Gasteiger partial charge in [0.1, 0.15) is 0 Å². The van der Waals surface area contributed by atoms with Gasteiger partial charge >= 0.3 is 0 Å². The minimum atomic E-state index is 0.703. The van der Waals surface area contributed by atoms with Crippen LogP contribution in [0, 0.1) is 11.3 Å². The van der Waals surface area contributed by atoms with Gasteiger partial charge in [-0.1, -0.05) is 31.7 Å². The van der Waals surface area contributed by atoms with Crippen molar-refractivity contribution >= 4 is 5.69 Å². The number of nitriles is 1. The van der Waals surface area contributed by atoms with Crippen LogP contribution in [0.1, 0.15) is 44.1 Å². The van der Waals surface area contributed by atoms with Gasteiger partial charge in [-0.15, -0.1) is 0 Å². The number of benzene rings is 1. The lowest BCUT2D eigenvalue weighted by molar-refractivity contribution is 0.468. The third-order valence-electron chi connectivity index (χ3n) is 3.73. The molecule has 3 nitrogen and oxygen atoms in total. The fourth-order valence-electron chi connectivity index (χ4n) is 2.67. The first kappa shape index (κ1) is 13.9. The molecule has 0 radical (unpaired) electrons. The highest BCUT2D eigenvalue weighted by atomic mass is 15.0. The fraction of sp³-hybridized carbons (Fsp3) is 0.562. The maximum Gasteiger partial charge on any atom is 0.0992 e. The van der Waals surface area contributed by atoms with Crippen LogP contribution in [0.2, 0.25) is 0 Å². The lowest BCUT2D eigenvalue weighted by atomic mass is 10.1. The molecule has 3 heteroatoms. The van der Waals surface area contributed by atoms with E-state index in [1.54, 1.807) is 0 Å². The molecule has 0 atom stereocenters. The summed E-state index contributed by atoms with van der Waals surface area (Å²) in [5, 5.41) is 15.8. The molecule has 2 N–H and O–H groups in total. The first-order chi connectivity index (χ1) is 9.38. The van der Waals surface area contributed by atoms with Crippen LogP contribution in [0.15, 0.2) is 24.3 Å². The van der Waals surface area contributed by atoms with E-state index in [1.165, 1.54) is 38.5 Å². The van der Waals surface area contributed by atoms with Crippen LogP contribution in [-0.4, -0.2) is 19.1 Å². The molecule has 0 spiro atoms. The summed E-state index contributed by atoms with van der Waals surface area (Å²) in [6.45, 7) is 1.90. The first-order valence-electron chi connectivity index (χ1n) is 7.36. The molecule has 0 amide bonds. The Morgan fingerprint density at radius 1 is 1.11 bits per heavy atom. The van der Waals surface area contributed by atoms with Crippen molar-refractivity contribution in [2.24, 2.45) is 0 Å². The Kier molecular flexibility index (Phi) is 5.71. The highest BCUT2D eigenvalue weighted by Gasteiger charge is 2.10. The van der Waals surface area contributed by atoms with Gasteiger partial charge in [-0.05, 0) is 31.0 Å². The van der Waals surface area contributed by atoms with Gasteiger partial charge in [0.25, 0.3) is 0 Å². The number of anilines is 1. The largest absolute Gasteiger partial charge is 0.384 e. The van der Waals surface area contributed by atoms with Gasteiger partial charge in [0.15, 0.2) is 0 Å². The summed E-state index contributed by atoms with van der Waals surface area (Å²) in [5.74, 6) is 0. The van der Waals surface area contributed by atoms with E-state index in [2.05, 4.69) is 16.7 Å². The third kappa shape index (κ3) is 4.92. The molecule has 0 unspecified atom stereocenters. The summed E-state index contributed by atoms with van der Waals surface area (Å²) in [4.78, 5) is 0. The predicted molar refractivity (Wildman–Crippen MR) is 79.1 cm³/mol. The first-order valence-corrected chi connectivity index (χ1v) is 7.36. The van der Waals surface area contributed by atoms with Gasteiger partial charge in [-0.2, -0.15) is 5.26 Å². The number of nitrogens with one attached hydrogen (secondary N) is 2. The summed E-state index contributed by atoms with van der Waals surface area (Å²) in [7, 11) is 0. The van der Waals surface area contributed by atoms with Gasteiger partial charge in [0.2, 0.25) is 0 Å². The van der Waals surface area contributed by atoms with E-state index in [1.807, 2.05) is 24.3 Å². The lowest BCUT2D eigenvalue weighted by Crippen LogP contribution is -2.32. The molecule has 1 aromatic carbocycles. The molecule has 0 bridgehead atoms. The molecular formula is C16H23N3. The Morgan fingerprint density at radius 3 is 2.63 bits per heavy atom. The van der Waals surface area contributed by atoms with Crippen LogP contribution in [0.25, 0.3) is 0 Å². The van der Waals surface area contributed by atoms with Crippen LogP contribution < -0.4 is 10.6 Å². The standard InChI is InChI=1S/C16H23N3/c17-13-14-6-5-9-16(12-14)19-11-10-18-15-7-3-1-2-4-8-15/h5-6,9,12,15,18-19H,1-4,7-8,10-11H2. The molecule has 1 saturated carbocycles. The van der Waals surface area contributed by atoms with Crippen molar-refractivity contribution in [1.29, 1.82) is 5.26 Å². The van der Waals surface area contributed by atoms with Crippen molar-refractivity contribution in [3.05, 3.63) is 29.8 Å². The highest BCUT2D eigenvalue weighted by Crippen LogP contribution is 2.17. The number of nitrogens with zero attached hydrogens (tertiary/aromatic N) is 1. The van der Waals surface area contributed by atoms with E-state index < -0.39 is 0 Å². The zero-order chi connectivity index (χ0) is 13.3. The van der Waals surface area contributed by atoms with E-state index in [0.29, 0.717) is 11.6 Å². The summed E-state index contributed by atoms with van der Waals surface area (Å²) >= 11 is 0. The smallest absolute Gasteiger partial charge is 0.0992 e. The quantitative estimate of drug-likeness (QED) is 0.628. The minimum absolute atomic E-state index is 0.703. The molecule has 19 heavy (non-hydrogen) atoms. The normalized spacial score (nSPS) is 16.6. The molecule has 1 fully saturated rings. The summed E-state index contributed by atoms with van der Waals surface area (Å²) < 4.78 is 0. The predicted octanol–water partition coefficient (Wildman–Crippen LogP) is 3.28. The summed E-state index contributed by atoms with van der Waals surface area (Å²) in [6.07, 6.45) is 8.19. The monoisotopic (exact) mass is 257 g/mol. The lowest BCUT2D eigenvalue weighted by Gasteiger charge is -2.16. The Bertz CT molecular complexity index is 414. The van der Waals surface area contributed by atoms with Gasteiger partial charge in [-0.3, -0.25) is 0 Å². The molecule has 0 aliphatic heterocycles. The van der Waals surface area contributed by atoms with Crippen molar-refractivity contribution in [3.8, 4) is 6.07 Å². The van der Waals surface area contributed by atoms with Crippen LogP contribution in [0.3, 0.4) is 0 Å². The van der Waals surface area contributed by atoms with Crippen LogP contribution in [-0.2, 0) is 0 Å². The van der Waals surface area contributed by atoms with Gasteiger partial charge in [0.05, 0.1) is 11.6 Å². The molecular weight excluding hydrogens is 234 g/mol. The van der Waals surface area contributed by atoms with E-state index in [9.17, 15) is 0 Å². The van der Waals surface area contributed by atoms with E-state index in [4.69, 9.17) is 5.26 Å². The number of hydrogen-bond acceptors (Lipinski definition) is 3. The van der Waals surface area contributed by atoms with Crippen molar-refractivity contribution < 1.29 is 0 Å². The van der Waals surface area contributed by atoms with Crippen molar-refractivity contribution in [2.75, 3.05) is 18.4 Å². The molecule has 0 aromatic heterocycles. The molecule has 1 aromatic rings. The summed E-state index contributed by atoms with van der Waals surface area (Å²) in [6, 6.07) is 10.5. The fourth-order valence-corrected chi connectivity index (χ4v) is 2.67. The summed E-state index contributed by atoms with van der Waals surface area (Å²) in [5.41, 5.74) is 1.74. The number of hydrogen-bond donors (Lipinski definition) is 2. The zero-order valence-corrected chi connectivity index (χ0v) is 11.5. The molecule has 102 valence electrons. The van der Waals surface area contributed by atoms with Crippen molar-refractivity contribution in [1.82, 2.24) is 5.32 Å². The van der Waals surface area contributed by atoms with E-state index in [-0.39, 0.29) is 0 Å². The average Bonchev–Trinajstić information content (AvgIpc) is 2.72. The average molecular weight is 257 g/mol. The maximum atomic E-state index is 8.84. The zero-order valence-electron chi connectivity index (χ0n) is 11.5. The van der Waals surface area contributed by atoms with Crippen LogP contribution >= 0.6 is 0 Å². The SMILES string of the molecule is N#Cc1cccc(NCCNC2CCCCCC2)c1. The van der Waals surface area contributed by atoms with Crippen LogP contribution in [0.5, 0.6) is 0 Å². The third-order valence-corrected chi connectivity index (χ3v) is 3.73. The Balaban J connectivity index is 1.67. The van der Waals surface area contributed by atoms with Crippen molar-refractivity contribution in [3.63, 3.8) is 0 Å². The second-order valence-electron chi connectivity index (χ2n) is 5.26. The Hall–Kier alpha value is -1.53. The second kappa shape index (κ2) is 7.81. The molecule has 1 aliphatic rings. The molecule has 0 saturated heterocycles. The second-order valence-corrected chi connectivity index (χ2v) is 5.26. The van der Waals surface area contributed by atoms with Gasteiger partial charge < -0.3 is 10.6 Å². The van der Waals surface area contributed by atoms with Gasteiger partial charge in [0, 0.05) is 24.8 Å². The number of rotatable bonds is 5. The van der Waals surface area contributed by atoms with E-state index in [0.717, 1.165) is 18.8 Å².